The molecule has 0 radical (unpaired) electrons. The molecule has 0 aromatic rings. The van der Waals surface area contributed by atoms with Crippen molar-refractivity contribution in [3.63, 3.8) is 0 Å². The molecule has 0 aromatic heterocycles. The summed E-state index contributed by atoms with van der Waals surface area (Å²) in [6.07, 6.45) is 14.3. The van der Waals surface area contributed by atoms with Gasteiger partial charge in [-0.05, 0) is 12.8 Å². The Morgan fingerprint density at radius 1 is 0.750 bits per heavy atom. The van der Waals surface area contributed by atoms with E-state index in [0.717, 1.165) is 19.3 Å². The zero-order valence-electron chi connectivity index (χ0n) is 11.3. The van der Waals surface area contributed by atoms with Crippen LogP contribution in [-0.4, -0.2) is 0 Å². The molecule has 0 aromatic carbocycles. The van der Waals surface area contributed by atoms with Gasteiger partial charge >= 0.3 is 0 Å². The van der Waals surface area contributed by atoms with E-state index in [1.807, 2.05) is 0 Å². The van der Waals surface area contributed by atoms with Crippen LogP contribution in [0.15, 0.2) is 0 Å². The van der Waals surface area contributed by atoms with E-state index < -0.39 is 0 Å². The first-order valence-corrected chi connectivity index (χ1v) is 7.24. The number of hydrogen-bond donors (Lipinski definition) is 0. The Hall–Kier alpha value is -0.510. The molecule has 0 aliphatic rings. The van der Waals surface area contributed by atoms with Crippen molar-refractivity contribution in [2.45, 2.75) is 84.5 Å². The molecular formula is C15H29N. The Morgan fingerprint density at radius 2 is 1.31 bits per heavy atom. The van der Waals surface area contributed by atoms with E-state index >= 15 is 0 Å². The van der Waals surface area contributed by atoms with Gasteiger partial charge < -0.3 is 0 Å². The van der Waals surface area contributed by atoms with E-state index in [1.165, 1.54) is 51.4 Å². The summed E-state index contributed by atoms with van der Waals surface area (Å²) in [5.41, 5.74) is 0. The van der Waals surface area contributed by atoms with Crippen LogP contribution in [0, 0.1) is 17.2 Å². The van der Waals surface area contributed by atoms with Gasteiger partial charge in [-0.25, -0.2) is 0 Å². The molecule has 0 spiro atoms. The number of nitrogens with zero attached hydrogens (tertiary/aromatic N) is 1. The summed E-state index contributed by atoms with van der Waals surface area (Å²) in [6, 6.07) is 2.42. The van der Waals surface area contributed by atoms with Gasteiger partial charge in [0.05, 0.1) is 6.07 Å². The van der Waals surface area contributed by atoms with E-state index in [2.05, 4.69) is 19.9 Å². The van der Waals surface area contributed by atoms with Gasteiger partial charge in [0.15, 0.2) is 0 Å². The zero-order valence-corrected chi connectivity index (χ0v) is 11.3. The van der Waals surface area contributed by atoms with Gasteiger partial charge in [-0.3, -0.25) is 0 Å². The van der Waals surface area contributed by atoms with Crippen LogP contribution in [-0.2, 0) is 0 Å². The van der Waals surface area contributed by atoms with Gasteiger partial charge in [-0.2, -0.15) is 5.26 Å². The van der Waals surface area contributed by atoms with Crippen LogP contribution in [0.5, 0.6) is 0 Å². The Balaban J connectivity index is 3.16. The van der Waals surface area contributed by atoms with Gasteiger partial charge in [0.25, 0.3) is 0 Å². The lowest BCUT2D eigenvalue weighted by molar-refractivity contribution is 0.494. The average Bonchev–Trinajstić information content (AvgIpc) is 2.31. The molecule has 0 heterocycles. The quantitative estimate of drug-likeness (QED) is 0.427. The largest absolute Gasteiger partial charge is 0.198 e. The Morgan fingerprint density at radius 3 is 1.81 bits per heavy atom. The maximum Gasteiger partial charge on any atom is 0.0655 e. The maximum atomic E-state index is 8.91. The van der Waals surface area contributed by atoms with Crippen LogP contribution >= 0.6 is 0 Å². The lowest BCUT2D eigenvalue weighted by Gasteiger charge is -2.06. The predicted molar refractivity (Wildman–Crippen MR) is 71.2 cm³/mol. The average molecular weight is 223 g/mol. The summed E-state index contributed by atoms with van der Waals surface area (Å²) >= 11 is 0. The number of nitriles is 1. The van der Waals surface area contributed by atoms with Gasteiger partial charge in [0.1, 0.15) is 0 Å². The highest BCUT2D eigenvalue weighted by Crippen LogP contribution is 2.16. The van der Waals surface area contributed by atoms with Crippen LogP contribution in [0.3, 0.4) is 0 Å². The minimum absolute atomic E-state index is 0.324. The van der Waals surface area contributed by atoms with Gasteiger partial charge in [-0.1, -0.05) is 71.6 Å². The third kappa shape index (κ3) is 10.0. The van der Waals surface area contributed by atoms with Crippen molar-refractivity contribution in [2.75, 3.05) is 0 Å². The van der Waals surface area contributed by atoms with Crippen molar-refractivity contribution in [1.29, 1.82) is 5.26 Å². The van der Waals surface area contributed by atoms with Crippen molar-refractivity contribution in [3.05, 3.63) is 0 Å². The van der Waals surface area contributed by atoms with Crippen LogP contribution in [0.1, 0.15) is 84.5 Å². The van der Waals surface area contributed by atoms with E-state index in [0.29, 0.717) is 5.92 Å². The molecule has 0 aliphatic heterocycles. The molecule has 0 fully saturated rings. The van der Waals surface area contributed by atoms with Crippen molar-refractivity contribution < 1.29 is 0 Å². The lowest BCUT2D eigenvalue weighted by atomic mass is 9.97. The minimum atomic E-state index is 0.324. The SMILES string of the molecule is CCCCCCCCCCC(C#N)CCC. The first kappa shape index (κ1) is 15.5. The molecule has 1 unspecified atom stereocenters. The Bertz CT molecular complexity index is 169. The molecule has 1 nitrogen and oxygen atoms in total. The minimum Gasteiger partial charge on any atom is -0.198 e. The summed E-state index contributed by atoms with van der Waals surface area (Å²) in [6.45, 7) is 4.42. The zero-order chi connectivity index (χ0) is 12.1. The Labute approximate surface area is 102 Å². The Kier molecular flexibility index (Phi) is 12.2. The molecule has 0 rings (SSSR count). The molecular weight excluding hydrogens is 194 g/mol. The summed E-state index contributed by atoms with van der Waals surface area (Å²) in [5.74, 6) is 0.324. The number of rotatable bonds is 11. The fourth-order valence-corrected chi connectivity index (χ4v) is 2.15. The van der Waals surface area contributed by atoms with Crippen molar-refractivity contribution in [3.8, 4) is 6.07 Å². The molecule has 0 amide bonds. The molecule has 0 aliphatic carbocycles. The normalized spacial score (nSPS) is 12.3. The molecule has 0 bridgehead atoms. The second-order valence-corrected chi connectivity index (χ2v) is 4.88. The smallest absolute Gasteiger partial charge is 0.0655 e. The van der Waals surface area contributed by atoms with Gasteiger partial charge in [-0.15, -0.1) is 0 Å². The third-order valence-electron chi connectivity index (χ3n) is 3.23. The van der Waals surface area contributed by atoms with E-state index in [-0.39, 0.29) is 0 Å². The molecule has 94 valence electrons. The molecule has 16 heavy (non-hydrogen) atoms. The van der Waals surface area contributed by atoms with Crippen LogP contribution in [0.4, 0.5) is 0 Å². The lowest BCUT2D eigenvalue weighted by Crippen LogP contribution is -1.96. The van der Waals surface area contributed by atoms with Crippen molar-refractivity contribution >= 4 is 0 Å². The first-order valence-electron chi connectivity index (χ1n) is 7.24. The summed E-state index contributed by atoms with van der Waals surface area (Å²) in [5, 5.41) is 8.91. The predicted octanol–water partition coefficient (Wildman–Crippen LogP) is 5.46. The highest BCUT2D eigenvalue weighted by molar-refractivity contribution is 4.81. The topological polar surface area (TPSA) is 23.8 Å². The van der Waals surface area contributed by atoms with Crippen LogP contribution < -0.4 is 0 Å². The highest BCUT2D eigenvalue weighted by Gasteiger charge is 2.04. The monoisotopic (exact) mass is 223 g/mol. The van der Waals surface area contributed by atoms with Gasteiger partial charge in [0.2, 0.25) is 0 Å². The molecule has 1 heteroatoms. The molecule has 0 saturated heterocycles. The van der Waals surface area contributed by atoms with Gasteiger partial charge in [0, 0.05) is 5.92 Å². The fraction of sp³-hybridized carbons (Fsp3) is 0.933. The maximum absolute atomic E-state index is 8.91. The standard InChI is InChI=1S/C15H29N/c1-3-5-6-7-8-9-10-11-13-15(14-16)12-4-2/h15H,3-13H2,1-2H3. The number of unbranched alkanes of at least 4 members (excludes halogenated alkanes) is 7. The van der Waals surface area contributed by atoms with Crippen molar-refractivity contribution in [2.24, 2.45) is 5.92 Å². The second kappa shape index (κ2) is 12.6. The second-order valence-electron chi connectivity index (χ2n) is 4.88. The van der Waals surface area contributed by atoms with E-state index in [9.17, 15) is 0 Å². The van der Waals surface area contributed by atoms with E-state index in [4.69, 9.17) is 5.26 Å². The van der Waals surface area contributed by atoms with Crippen LogP contribution in [0.25, 0.3) is 0 Å². The van der Waals surface area contributed by atoms with Crippen molar-refractivity contribution in [1.82, 2.24) is 0 Å². The summed E-state index contributed by atoms with van der Waals surface area (Å²) < 4.78 is 0. The number of hydrogen-bond acceptors (Lipinski definition) is 1. The van der Waals surface area contributed by atoms with Crippen LogP contribution in [0.2, 0.25) is 0 Å². The summed E-state index contributed by atoms with van der Waals surface area (Å²) in [7, 11) is 0. The fourth-order valence-electron chi connectivity index (χ4n) is 2.15. The van der Waals surface area contributed by atoms with E-state index in [1.54, 1.807) is 0 Å². The molecule has 1 atom stereocenters. The molecule has 0 saturated carbocycles. The highest BCUT2D eigenvalue weighted by atomic mass is 14.3. The summed E-state index contributed by atoms with van der Waals surface area (Å²) in [4.78, 5) is 0. The first-order chi connectivity index (χ1) is 7.85. The molecule has 0 N–H and O–H groups in total. The third-order valence-corrected chi connectivity index (χ3v) is 3.23.